The van der Waals surface area contributed by atoms with Gasteiger partial charge in [0, 0.05) is 42.9 Å². The molecular formula is C20H23FN4O2S. The molecule has 6 nitrogen and oxygen atoms in total. The van der Waals surface area contributed by atoms with Crippen LogP contribution in [0.25, 0.3) is 5.69 Å². The first-order chi connectivity index (χ1) is 13.5. The number of Topliss-reactive ketones (excluding diaryl/α,β-unsaturated/α-hetero) is 1. The molecule has 0 bridgehead atoms. The molecule has 2 aromatic heterocycles. The smallest absolute Gasteiger partial charge is 0.191 e. The van der Waals surface area contributed by atoms with E-state index in [1.807, 2.05) is 35.1 Å². The van der Waals surface area contributed by atoms with Crippen LogP contribution in [0.1, 0.15) is 28.2 Å². The Morgan fingerprint density at radius 1 is 1.29 bits per heavy atom. The molecular weight excluding hydrogens is 379 g/mol. The highest BCUT2D eigenvalue weighted by Crippen LogP contribution is 2.24. The normalized spacial score (nSPS) is 11.1. The number of benzene rings is 1. The van der Waals surface area contributed by atoms with Crippen molar-refractivity contribution in [2.75, 3.05) is 19.5 Å². The zero-order valence-electron chi connectivity index (χ0n) is 16.2. The Morgan fingerprint density at radius 2 is 2.11 bits per heavy atom. The van der Waals surface area contributed by atoms with Crippen molar-refractivity contribution in [3.8, 4) is 5.69 Å². The van der Waals surface area contributed by atoms with Crippen LogP contribution in [-0.2, 0) is 11.3 Å². The lowest BCUT2D eigenvalue weighted by Gasteiger charge is -2.10. The summed E-state index contributed by atoms with van der Waals surface area (Å²) < 4.78 is 22.5. The second-order valence-electron chi connectivity index (χ2n) is 6.47. The van der Waals surface area contributed by atoms with E-state index in [0.717, 1.165) is 24.4 Å². The van der Waals surface area contributed by atoms with E-state index in [2.05, 4.69) is 10.2 Å². The Bertz CT molecular complexity index is 967. The summed E-state index contributed by atoms with van der Waals surface area (Å²) in [5, 5.41) is 8.75. The number of carbonyl (C=O) groups excluding carboxylic acids is 1. The SMILES string of the molecule is COCCCn1cnnc1SCC(=O)c1cc(C)n(-c2cccc(F)c2)c1C. The van der Waals surface area contributed by atoms with Crippen LogP contribution in [0.3, 0.4) is 0 Å². The second-order valence-corrected chi connectivity index (χ2v) is 7.41. The van der Waals surface area contributed by atoms with Crippen LogP contribution in [0.4, 0.5) is 4.39 Å². The van der Waals surface area contributed by atoms with Crippen molar-refractivity contribution in [1.82, 2.24) is 19.3 Å². The van der Waals surface area contributed by atoms with Crippen molar-refractivity contribution >= 4 is 17.5 Å². The van der Waals surface area contributed by atoms with Crippen molar-refractivity contribution in [2.24, 2.45) is 0 Å². The Hall–Kier alpha value is -2.45. The van der Waals surface area contributed by atoms with Gasteiger partial charge in [-0.1, -0.05) is 17.8 Å². The Morgan fingerprint density at radius 3 is 2.86 bits per heavy atom. The van der Waals surface area contributed by atoms with E-state index in [1.54, 1.807) is 19.5 Å². The third-order valence-electron chi connectivity index (χ3n) is 4.46. The molecule has 8 heteroatoms. The summed E-state index contributed by atoms with van der Waals surface area (Å²) in [5.41, 5.74) is 3.04. The topological polar surface area (TPSA) is 61.9 Å². The minimum absolute atomic E-state index is 0.00666. The van der Waals surface area contributed by atoms with Crippen molar-refractivity contribution < 1.29 is 13.9 Å². The number of thioether (sulfide) groups is 1. The predicted octanol–water partition coefficient (Wildman–Crippen LogP) is 3.84. The predicted molar refractivity (Wildman–Crippen MR) is 107 cm³/mol. The number of nitrogens with zero attached hydrogens (tertiary/aromatic N) is 4. The van der Waals surface area contributed by atoms with Crippen molar-refractivity contribution in [3.63, 3.8) is 0 Å². The summed E-state index contributed by atoms with van der Waals surface area (Å²) in [7, 11) is 1.67. The number of aryl methyl sites for hydroxylation is 2. The molecule has 3 rings (SSSR count). The van der Waals surface area contributed by atoms with Gasteiger partial charge in [-0.3, -0.25) is 4.79 Å². The summed E-state index contributed by atoms with van der Waals surface area (Å²) in [5.74, 6) is -0.0374. The maximum absolute atomic E-state index is 13.6. The lowest BCUT2D eigenvalue weighted by Crippen LogP contribution is -2.07. The maximum atomic E-state index is 13.6. The van der Waals surface area contributed by atoms with E-state index < -0.39 is 0 Å². The monoisotopic (exact) mass is 402 g/mol. The highest BCUT2D eigenvalue weighted by atomic mass is 32.2. The Kier molecular flexibility index (Phi) is 6.64. The van der Waals surface area contributed by atoms with E-state index in [9.17, 15) is 9.18 Å². The van der Waals surface area contributed by atoms with Crippen LogP contribution < -0.4 is 0 Å². The molecule has 1 aromatic carbocycles. The maximum Gasteiger partial charge on any atom is 0.191 e. The van der Waals surface area contributed by atoms with Gasteiger partial charge in [-0.2, -0.15) is 0 Å². The fourth-order valence-electron chi connectivity index (χ4n) is 3.15. The largest absolute Gasteiger partial charge is 0.385 e. The van der Waals surface area contributed by atoms with Gasteiger partial charge in [0.1, 0.15) is 12.1 Å². The number of hydrogen-bond acceptors (Lipinski definition) is 5. The van der Waals surface area contributed by atoms with Gasteiger partial charge in [-0.25, -0.2) is 4.39 Å². The lowest BCUT2D eigenvalue weighted by molar-refractivity contribution is 0.102. The fraction of sp³-hybridized carbons (Fsp3) is 0.350. The fourth-order valence-corrected chi connectivity index (χ4v) is 3.98. The highest BCUT2D eigenvalue weighted by molar-refractivity contribution is 7.99. The number of hydrogen-bond donors (Lipinski definition) is 0. The molecule has 0 saturated heterocycles. The number of halogens is 1. The van der Waals surface area contributed by atoms with Crippen molar-refractivity contribution in [3.05, 3.63) is 59.4 Å². The Balaban J connectivity index is 1.72. The first kappa shape index (κ1) is 20.3. The molecule has 28 heavy (non-hydrogen) atoms. The van der Waals surface area contributed by atoms with Crippen molar-refractivity contribution in [1.29, 1.82) is 0 Å². The average Bonchev–Trinajstić information content (AvgIpc) is 3.23. The van der Waals surface area contributed by atoms with Crippen LogP contribution in [0.2, 0.25) is 0 Å². The Labute approximate surface area is 167 Å². The van der Waals surface area contributed by atoms with Gasteiger partial charge in [-0.05, 0) is 44.5 Å². The van der Waals surface area contributed by atoms with E-state index in [0.29, 0.717) is 23.0 Å². The molecule has 0 saturated carbocycles. The van der Waals surface area contributed by atoms with Crippen LogP contribution in [0.5, 0.6) is 0 Å². The second kappa shape index (κ2) is 9.16. The van der Waals surface area contributed by atoms with E-state index in [-0.39, 0.29) is 17.4 Å². The van der Waals surface area contributed by atoms with Crippen LogP contribution in [0.15, 0.2) is 41.8 Å². The standard InChI is InChI=1S/C20H23FN4O2S/c1-14-10-18(15(2)25(14)17-7-4-6-16(21)11-17)19(26)12-28-20-23-22-13-24(20)8-5-9-27-3/h4,6-7,10-11,13H,5,8-9,12H2,1-3H3. The molecule has 0 atom stereocenters. The molecule has 0 unspecified atom stereocenters. The number of methoxy groups -OCH3 is 1. The van der Waals surface area contributed by atoms with Gasteiger partial charge in [0.05, 0.1) is 5.75 Å². The molecule has 0 aliphatic carbocycles. The summed E-state index contributed by atoms with van der Waals surface area (Å²) in [6.07, 6.45) is 2.52. The van der Waals surface area contributed by atoms with Crippen LogP contribution in [0, 0.1) is 19.7 Å². The lowest BCUT2D eigenvalue weighted by atomic mass is 10.2. The van der Waals surface area contributed by atoms with Gasteiger partial charge in [-0.15, -0.1) is 10.2 Å². The molecule has 0 aliphatic heterocycles. The molecule has 0 amide bonds. The first-order valence-electron chi connectivity index (χ1n) is 8.99. The number of rotatable bonds is 9. The highest BCUT2D eigenvalue weighted by Gasteiger charge is 2.18. The van der Waals surface area contributed by atoms with Gasteiger partial charge in [0.2, 0.25) is 0 Å². The third-order valence-corrected chi connectivity index (χ3v) is 5.44. The zero-order chi connectivity index (χ0) is 20.1. The number of aromatic nitrogens is 4. The molecule has 148 valence electrons. The molecule has 0 spiro atoms. The van der Waals surface area contributed by atoms with Gasteiger partial charge < -0.3 is 13.9 Å². The van der Waals surface area contributed by atoms with Gasteiger partial charge in [0.15, 0.2) is 10.9 Å². The molecule has 0 aliphatic rings. The minimum atomic E-state index is -0.304. The number of ether oxygens (including phenoxy) is 1. The average molecular weight is 402 g/mol. The first-order valence-corrected chi connectivity index (χ1v) is 9.97. The molecule has 3 aromatic rings. The van der Waals surface area contributed by atoms with E-state index in [4.69, 9.17) is 4.74 Å². The van der Waals surface area contributed by atoms with E-state index >= 15 is 0 Å². The molecule has 0 N–H and O–H groups in total. The van der Waals surface area contributed by atoms with E-state index in [1.165, 1.54) is 23.9 Å². The molecule has 2 heterocycles. The summed E-state index contributed by atoms with van der Waals surface area (Å²) >= 11 is 1.37. The third kappa shape index (κ3) is 4.51. The number of carbonyl (C=O) groups is 1. The summed E-state index contributed by atoms with van der Waals surface area (Å²) in [4.78, 5) is 12.8. The van der Waals surface area contributed by atoms with Crippen molar-refractivity contribution in [2.45, 2.75) is 32.0 Å². The quantitative estimate of drug-likeness (QED) is 0.309. The summed E-state index contributed by atoms with van der Waals surface area (Å²) in [6.45, 7) is 5.19. The van der Waals surface area contributed by atoms with Gasteiger partial charge >= 0.3 is 0 Å². The van der Waals surface area contributed by atoms with Gasteiger partial charge in [0.25, 0.3) is 0 Å². The zero-order valence-corrected chi connectivity index (χ0v) is 17.0. The van der Waals surface area contributed by atoms with Crippen LogP contribution in [-0.4, -0.2) is 44.6 Å². The molecule has 0 fully saturated rings. The number of ketones is 1. The molecule has 0 radical (unpaired) electrons. The van der Waals surface area contributed by atoms with Crippen LogP contribution >= 0.6 is 11.8 Å². The summed E-state index contributed by atoms with van der Waals surface area (Å²) in [6, 6.07) is 8.22. The minimum Gasteiger partial charge on any atom is -0.385 e.